The van der Waals surface area contributed by atoms with Gasteiger partial charge in [0.15, 0.2) is 0 Å². The Balaban J connectivity index is 2.51. The lowest BCUT2D eigenvalue weighted by Gasteiger charge is -2.17. The van der Waals surface area contributed by atoms with Gasteiger partial charge in [-0.3, -0.25) is 0 Å². The first-order chi connectivity index (χ1) is 6.58. The molecule has 1 rings (SSSR count). The summed E-state index contributed by atoms with van der Waals surface area (Å²) in [7, 11) is 0. The van der Waals surface area contributed by atoms with Crippen LogP contribution in [-0.2, 0) is 0 Å². The van der Waals surface area contributed by atoms with Gasteiger partial charge < -0.3 is 5.32 Å². The highest BCUT2D eigenvalue weighted by atomic mass is 14.9. The van der Waals surface area contributed by atoms with Crippen LogP contribution in [0.2, 0.25) is 0 Å². The summed E-state index contributed by atoms with van der Waals surface area (Å²) < 4.78 is 0. The van der Waals surface area contributed by atoms with Crippen molar-refractivity contribution in [1.29, 1.82) is 0 Å². The Hall–Kier alpha value is -0.980. The molecule has 14 heavy (non-hydrogen) atoms. The molecule has 78 valence electrons. The van der Waals surface area contributed by atoms with Crippen molar-refractivity contribution >= 4 is 5.69 Å². The van der Waals surface area contributed by atoms with E-state index in [9.17, 15) is 0 Å². The van der Waals surface area contributed by atoms with Gasteiger partial charge in [0.25, 0.3) is 0 Å². The maximum atomic E-state index is 3.51. The summed E-state index contributed by atoms with van der Waals surface area (Å²) in [6.07, 6.45) is 1.22. The van der Waals surface area contributed by atoms with Crippen LogP contribution in [0.4, 0.5) is 5.69 Å². The van der Waals surface area contributed by atoms with E-state index in [1.54, 1.807) is 0 Å². The van der Waals surface area contributed by atoms with Gasteiger partial charge >= 0.3 is 0 Å². The van der Waals surface area contributed by atoms with Gasteiger partial charge in [0.1, 0.15) is 0 Å². The zero-order chi connectivity index (χ0) is 10.6. The van der Waals surface area contributed by atoms with Gasteiger partial charge in [0.2, 0.25) is 0 Å². The molecule has 0 aliphatic heterocycles. The average molecular weight is 191 g/mol. The number of benzene rings is 1. The molecule has 0 radical (unpaired) electrons. The Morgan fingerprint density at radius 3 is 2.50 bits per heavy atom. The van der Waals surface area contributed by atoms with Crippen LogP contribution in [-0.4, -0.2) is 6.04 Å². The summed E-state index contributed by atoms with van der Waals surface area (Å²) in [5, 5.41) is 3.51. The zero-order valence-electron chi connectivity index (χ0n) is 9.67. The maximum absolute atomic E-state index is 3.51. The second kappa shape index (κ2) is 5.04. The molecule has 1 N–H and O–H groups in total. The predicted molar refractivity (Wildman–Crippen MR) is 63.7 cm³/mol. The number of hydrogen-bond donors (Lipinski definition) is 1. The second-order valence-electron chi connectivity index (χ2n) is 4.54. The van der Waals surface area contributed by atoms with Gasteiger partial charge in [-0.2, -0.15) is 0 Å². The Bertz CT molecular complexity index is 278. The Kier molecular flexibility index (Phi) is 3.99. The van der Waals surface area contributed by atoms with E-state index in [-0.39, 0.29) is 0 Å². The molecule has 0 aromatic heterocycles. The molecule has 0 aliphatic carbocycles. The summed E-state index contributed by atoms with van der Waals surface area (Å²) in [5.74, 6) is 0.752. The minimum absolute atomic E-state index is 0.553. The van der Waals surface area contributed by atoms with Gasteiger partial charge in [-0.1, -0.05) is 26.0 Å². The van der Waals surface area contributed by atoms with Crippen LogP contribution in [0.1, 0.15) is 32.8 Å². The number of anilines is 1. The fourth-order valence-electron chi connectivity index (χ4n) is 1.79. The van der Waals surface area contributed by atoms with E-state index >= 15 is 0 Å². The highest BCUT2D eigenvalue weighted by Gasteiger charge is 2.04. The van der Waals surface area contributed by atoms with Crippen LogP contribution >= 0.6 is 0 Å². The van der Waals surface area contributed by atoms with Gasteiger partial charge in [-0.25, -0.2) is 0 Å². The van der Waals surface area contributed by atoms with Crippen LogP contribution < -0.4 is 5.32 Å². The molecule has 1 nitrogen and oxygen atoms in total. The minimum Gasteiger partial charge on any atom is -0.383 e. The smallest absolute Gasteiger partial charge is 0.0344 e. The SMILES string of the molecule is Cc1cccc(N[C@@H](C)CC(C)C)c1. The molecule has 0 bridgehead atoms. The van der Waals surface area contributed by atoms with E-state index in [1.165, 1.54) is 17.7 Å². The molecule has 1 atom stereocenters. The van der Waals surface area contributed by atoms with Gasteiger partial charge in [-0.05, 0) is 43.9 Å². The summed E-state index contributed by atoms with van der Waals surface area (Å²) in [5.41, 5.74) is 2.55. The van der Waals surface area contributed by atoms with Gasteiger partial charge in [-0.15, -0.1) is 0 Å². The molecule has 0 unspecified atom stereocenters. The summed E-state index contributed by atoms with van der Waals surface area (Å²) in [6.45, 7) is 8.88. The number of rotatable bonds is 4. The van der Waals surface area contributed by atoms with Crippen molar-refractivity contribution in [2.45, 2.75) is 40.2 Å². The highest BCUT2D eigenvalue weighted by Crippen LogP contribution is 2.14. The topological polar surface area (TPSA) is 12.0 Å². The predicted octanol–water partition coefficient (Wildman–Crippen LogP) is 3.84. The van der Waals surface area contributed by atoms with Crippen molar-refractivity contribution in [2.24, 2.45) is 5.92 Å². The minimum atomic E-state index is 0.553. The van der Waals surface area contributed by atoms with Crippen molar-refractivity contribution in [1.82, 2.24) is 0 Å². The largest absolute Gasteiger partial charge is 0.383 e. The molecule has 0 spiro atoms. The van der Waals surface area contributed by atoms with E-state index in [2.05, 4.69) is 57.3 Å². The van der Waals surface area contributed by atoms with Crippen LogP contribution in [0.3, 0.4) is 0 Å². The van der Waals surface area contributed by atoms with Crippen molar-refractivity contribution in [3.8, 4) is 0 Å². The second-order valence-corrected chi connectivity index (χ2v) is 4.54. The lowest BCUT2D eigenvalue weighted by molar-refractivity contribution is 0.540. The van der Waals surface area contributed by atoms with Gasteiger partial charge in [0, 0.05) is 11.7 Å². The average Bonchev–Trinajstić information content (AvgIpc) is 2.01. The van der Waals surface area contributed by atoms with E-state index < -0.39 is 0 Å². The lowest BCUT2D eigenvalue weighted by Crippen LogP contribution is -2.17. The summed E-state index contributed by atoms with van der Waals surface area (Å²) in [4.78, 5) is 0. The van der Waals surface area contributed by atoms with Crippen molar-refractivity contribution in [3.63, 3.8) is 0 Å². The fraction of sp³-hybridized carbons (Fsp3) is 0.538. The van der Waals surface area contributed by atoms with Crippen LogP contribution in [0, 0.1) is 12.8 Å². The van der Waals surface area contributed by atoms with Crippen molar-refractivity contribution in [2.75, 3.05) is 5.32 Å². The molecule has 1 aromatic carbocycles. The van der Waals surface area contributed by atoms with Crippen LogP contribution in [0.15, 0.2) is 24.3 Å². The van der Waals surface area contributed by atoms with Crippen LogP contribution in [0.25, 0.3) is 0 Å². The third kappa shape index (κ3) is 3.82. The van der Waals surface area contributed by atoms with E-state index in [0.717, 1.165) is 5.92 Å². The molecule has 0 saturated carbocycles. The van der Waals surface area contributed by atoms with Gasteiger partial charge in [0.05, 0.1) is 0 Å². The zero-order valence-corrected chi connectivity index (χ0v) is 9.67. The third-order valence-corrected chi connectivity index (χ3v) is 2.26. The first-order valence-electron chi connectivity index (χ1n) is 5.41. The van der Waals surface area contributed by atoms with Crippen molar-refractivity contribution < 1.29 is 0 Å². The third-order valence-electron chi connectivity index (χ3n) is 2.26. The Morgan fingerprint density at radius 2 is 1.93 bits per heavy atom. The van der Waals surface area contributed by atoms with Crippen molar-refractivity contribution in [3.05, 3.63) is 29.8 Å². The first kappa shape index (κ1) is 11.1. The fourth-order valence-corrected chi connectivity index (χ4v) is 1.79. The first-order valence-corrected chi connectivity index (χ1v) is 5.41. The summed E-state index contributed by atoms with van der Waals surface area (Å²) >= 11 is 0. The molecule has 0 saturated heterocycles. The van der Waals surface area contributed by atoms with Crippen LogP contribution in [0.5, 0.6) is 0 Å². The molecule has 1 aromatic rings. The number of hydrogen-bond acceptors (Lipinski definition) is 1. The molecule has 0 amide bonds. The van der Waals surface area contributed by atoms with E-state index in [0.29, 0.717) is 6.04 Å². The molecule has 0 heterocycles. The maximum Gasteiger partial charge on any atom is 0.0344 e. The molecular weight excluding hydrogens is 170 g/mol. The van der Waals surface area contributed by atoms with E-state index in [1.807, 2.05) is 0 Å². The monoisotopic (exact) mass is 191 g/mol. The lowest BCUT2D eigenvalue weighted by atomic mass is 10.0. The molecule has 1 heteroatoms. The Labute approximate surface area is 87.5 Å². The normalized spacial score (nSPS) is 12.9. The number of nitrogens with one attached hydrogen (secondary N) is 1. The number of aryl methyl sites for hydroxylation is 1. The standard InChI is InChI=1S/C13H21N/c1-10(2)8-12(4)14-13-7-5-6-11(3)9-13/h5-7,9-10,12,14H,8H2,1-4H3/t12-/m0/s1. The van der Waals surface area contributed by atoms with E-state index in [4.69, 9.17) is 0 Å². The molecular formula is C13H21N. The highest BCUT2D eigenvalue weighted by molar-refractivity contribution is 5.45. The molecule has 0 fully saturated rings. The molecule has 0 aliphatic rings. The quantitative estimate of drug-likeness (QED) is 0.762. The Morgan fingerprint density at radius 1 is 1.21 bits per heavy atom. The summed E-state index contributed by atoms with van der Waals surface area (Å²) in [6, 6.07) is 9.09.